The number of aliphatic hydroxyl groups is 1. The van der Waals surface area contributed by atoms with Crippen LogP contribution in [-0.4, -0.2) is 16.0 Å². The molecule has 1 aromatic rings. The van der Waals surface area contributed by atoms with E-state index in [0.717, 1.165) is 11.8 Å². The molecule has 0 bridgehead atoms. The summed E-state index contributed by atoms with van der Waals surface area (Å²) in [5.41, 5.74) is 0.714. The lowest BCUT2D eigenvalue weighted by Crippen LogP contribution is -1.88. The highest BCUT2D eigenvalue weighted by molar-refractivity contribution is 8.14. The number of hydrogen-bond donors (Lipinski definition) is 1. The Kier molecular flexibility index (Phi) is 2.82. The van der Waals surface area contributed by atoms with Crippen LogP contribution in [0.4, 0.5) is 5.69 Å². The van der Waals surface area contributed by atoms with Gasteiger partial charge in [0.05, 0.1) is 11.4 Å². The Bertz CT molecular complexity index is 440. The molecule has 0 atom stereocenters. The van der Waals surface area contributed by atoms with E-state index >= 15 is 0 Å². The van der Waals surface area contributed by atoms with Crippen molar-refractivity contribution in [2.24, 2.45) is 10.2 Å². The fraction of sp³-hybridized carbons (Fsp3) is 0.100. The first-order chi connectivity index (χ1) is 7.27. The first kappa shape index (κ1) is 9.92. The minimum Gasteiger partial charge on any atom is -0.509 e. The van der Waals surface area contributed by atoms with Gasteiger partial charge in [0.25, 0.3) is 0 Å². The van der Waals surface area contributed by atoms with Crippen LogP contribution in [-0.2, 0) is 4.79 Å². The third-order valence-electron chi connectivity index (χ3n) is 1.83. The molecule has 5 heteroatoms. The van der Waals surface area contributed by atoms with Crippen LogP contribution in [0.5, 0.6) is 0 Å². The molecule has 4 nitrogen and oxygen atoms in total. The van der Waals surface area contributed by atoms with Crippen molar-refractivity contribution in [3.8, 4) is 0 Å². The number of carbonyl (C=O) groups is 1. The zero-order valence-electron chi connectivity index (χ0n) is 7.75. The number of benzene rings is 1. The van der Waals surface area contributed by atoms with Crippen LogP contribution in [0.2, 0.25) is 0 Å². The molecule has 0 fully saturated rings. The molecule has 0 spiro atoms. The van der Waals surface area contributed by atoms with Crippen LogP contribution in [0.25, 0.3) is 0 Å². The Morgan fingerprint density at radius 2 is 1.93 bits per heavy atom. The molecule has 1 aliphatic rings. The summed E-state index contributed by atoms with van der Waals surface area (Å²) in [5.74, 6) is 0.298. The van der Waals surface area contributed by atoms with Gasteiger partial charge in [0, 0.05) is 0 Å². The van der Waals surface area contributed by atoms with Gasteiger partial charge in [-0.3, -0.25) is 4.79 Å². The van der Waals surface area contributed by atoms with E-state index in [4.69, 9.17) is 0 Å². The van der Waals surface area contributed by atoms with E-state index in [1.807, 2.05) is 18.2 Å². The third kappa shape index (κ3) is 2.24. The molecule has 1 heterocycles. The molecule has 0 radical (unpaired) electrons. The van der Waals surface area contributed by atoms with Gasteiger partial charge >= 0.3 is 0 Å². The molecule has 2 rings (SSSR count). The maximum Gasteiger partial charge on any atom is 0.243 e. The lowest BCUT2D eigenvalue weighted by molar-refractivity contribution is -0.107. The normalized spacial score (nSPS) is 16.7. The summed E-state index contributed by atoms with van der Waals surface area (Å²) in [6.07, 6.45) is 0. The van der Waals surface area contributed by atoms with Gasteiger partial charge in [-0.05, 0) is 12.1 Å². The summed E-state index contributed by atoms with van der Waals surface area (Å²) >= 11 is 1.03. The second-order valence-electron chi connectivity index (χ2n) is 2.91. The Labute approximate surface area is 90.7 Å². The van der Waals surface area contributed by atoms with Crippen molar-refractivity contribution >= 4 is 22.6 Å². The standard InChI is InChI=1S/C10H8N2O2S/c13-8-6-15-10(14)9(8)12-11-7-4-2-1-3-5-7/h1-5,13H,6H2. The summed E-state index contributed by atoms with van der Waals surface area (Å²) in [6.45, 7) is 0. The highest BCUT2D eigenvalue weighted by atomic mass is 32.2. The highest BCUT2D eigenvalue weighted by Gasteiger charge is 2.23. The van der Waals surface area contributed by atoms with Gasteiger partial charge in [0.15, 0.2) is 5.70 Å². The number of aliphatic hydroxyl groups excluding tert-OH is 1. The average molecular weight is 220 g/mol. The number of thioether (sulfide) groups is 1. The van der Waals surface area contributed by atoms with Crippen LogP contribution in [0.15, 0.2) is 52.0 Å². The van der Waals surface area contributed by atoms with Crippen molar-refractivity contribution in [3.63, 3.8) is 0 Å². The third-order valence-corrected chi connectivity index (χ3v) is 2.70. The van der Waals surface area contributed by atoms with E-state index < -0.39 is 0 Å². The lowest BCUT2D eigenvalue weighted by Gasteiger charge is -1.91. The van der Waals surface area contributed by atoms with Crippen molar-refractivity contribution in [2.45, 2.75) is 0 Å². The molecule has 0 amide bonds. The van der Waals surface area contributed by atoms with Crippen LogP contribution in [0.1, 0.15) is 0 Å². The molecule has 0 saturated heterocycles. The van der Waals surface area contributed by atoms with E-state index in [2.05, 4.69) is 10.2 Å². The molecule has 0 saturated carbocycles. The zero-order chi connectivity index (χ0) is 10.7. The van der Waals surface area contributed by atoms with Crippen molar-refractivity contribution in [1.29, 1.82) is 0 Å². The minimum absolute atomic E-state index is 0.00433. The van der Waals surface area contributed by atoms with Crippen molar-refractivity contribution in [2.75, 3.05) is 5.75 Å². The molecule has 1 aromatic carbocycles. The van der Waals surface area contributed by atoms with Crippen molar-refractivity contribution in [1.82, 2.24) is 0 Å². The number of rotatable bonds is 2. The van der Waals surface area contributed by atoms with Gasteiger partial charge in [0.2, 0.25) is 5.12 Å². The molecule has 1 aliphatic heterocycles. The van der Waals surface area contributed by atoms with Crippen molar-refractivity contribution in [3.05, 3.63) is 41.8 Å². The van der Waals surface area contributed by atoms with Gasteiger partial charge < -0.3 is 5.11 Å². The van der Waals surface area contributed by atoms with E-state index in [1.54, 1.807) is 12.1 Å². The molecule has 0 unspecified atom stereocenters. The highest BCUT2D eigenvalue weighted by Crippen LogP contribution is 2.26. The number of carbonyl (C=O) groups excluding carboxylic acids is 1. The second-order valence-corrected chi connectivity index (χ2v) is 3.86. The Hall–Kier alpha value is -1.62. The smallest absolute Gasteiger partial charge is 0.243 e. The van der Waals surface area contributed by atoms with E-state index in [-0.39, 0.29) is 16.6 Å². The molecular weight excluding hydrogens is 212 g/mol. The van der Waals surface area contributed by atoms with Crippen molar-refractivity contribution < 1.29 is 9.90 Å². The van der Waals surface area contributed by atoms with Crippen LogP contribution >= 0.6 is 11.8 Å². The summed E-state index contributed by atoms with van der Waals surface area (Å²) in [6, 6.07) is 9.06. The van der Waals surface area contributed by atoms with E-state index in [9.17, 15) is 9.90 Å². The van der Waals surface area contributed by atoms with Crippen LogP contribution in [0.3, 0.4) is 0 Å². The number of hydrogen-bond acceptors (Lipinski definition) is 5. The van der Waals surface area contributed by atoms with Gasteiger partial charge in [0.1, 0.15) is 5.76 Å². The molecule has 15 heavy (non-hydrogen) atoms. The Morgan fingerprint density at radius 1 is 1.20 bits per heavy atom. The fourth-order valence-corrected chi connectivity index (χ4v) is 1.79. The quantitative estimate of drug-likeness (QED) is 0.779. The first-order valence-electron chi connectivity index (χ1n) is 4.33. The lowest BCUT2D eigenvalue weighted by atomic mass is 10.3. The minimum atomic E-state index is -0.229. The first-order valence-corrected chi connectivity index (χ1v) is 5.32. The maximum absolute atomic E-state index is 11.2. The monoisotopic (exact) mass is 220 g/mol. The topological polar surface area (TPSA) is 62.0 Å². The van der Waals surface area contributed by atoms with Crippen LogP contribution in [0, 0.1) is 0 Å². The molecule has 0 aliphatic carbocycles. The van der Waals surface area contributed by atoms with E-state index in [0.29, 0.717) is 11.4 Å². The fourth-order valence-electron chi connectivity index (χ4n) is 1.09. The second kappa shape index (κ2) is 4.27. The summed E-state index contributed by atoms with van der Waals surface area (Å²) < 4.78 is 0. The molecule has 76 valence electrons. The summed E-state index contributed by atoms with van der Waals surface area (Å²) in [5, 5.41) is 16.7. The van der Waals surface area contributed by atoms with E-state index in [1.165, 1.54) is 0 Å². The Balaban J connectivity index is 2.19. The Morgan fingerprint density at radius 3 is 2.53 bits per heavy atom. The predicted molar refractivity (Wildman–Crippen MR) is 58.1 cm³/mol. The van der Waals surface area contributed by atoms with Gasteiger partial charge in [-0.1, -0.05) is 30.0 Å². The van der Waals surface area contributed by atoms with Gasteiger partial charge in [-0.15, -0.1) is 5.11 Å². The van der Waals surface area contributed by atoms with Gasteiger partial charge in [-0.2, -0.15) is 5.11 Å². The number of nitrogens with zero attached hydrogens (tertiary/aromatic N) is 2. The molecular formula is C10H8N2O2S. The maximum atomic E-state index is 11.2. The zero-order valence-corrected chi connectivity index (χ0v) is 8.57. The van der Waals surface area contributed by atoms with Gasteiger partial charge in [-0.25, -0.2) is 0 Å². The molecule has 1 N–H and O–H groups in total. The molecule has 0 aromatic heterocycles. The number of azo groups is 1. The average Bonchev–Trinajstić information content (AvgIpc) is 2.58. The van der Waals surface area contributed by atoms with Crippen LogP contribution < -0.4 is 0 Å². The largest absolute Gasteiger partial charge is 0.509 e. The summed E-state index contributed by atoms with van der Waals surface area (Å²) in [4.78, 5) is 11.2. The SMILES string of the molecule is O=C1SCC(O)=C1N=Nc1ccccc1. The predicted octanol–water partition coefficient (Wildman–Crippen LogP) is 2.81. The summed E-state index contributed by atoms with van der Waals surface area (Å²) in [7, 11) is 0.